The molecule has 0 N–H and O–H groups in total. The summed E-state index contributed by atoms with van der Waals surface area (Å²) in [6.07, 6.45) is -0.160. The van der Waals surface area contributed by atoms with Gasteiger partial charge in [-0.25, -0.2) is 4.39 Å². The third kappa shape index (κ3) is 1.37. The van der Waals surface area contributed by atoms with Crippen molar-refractivity contribution in [1.82, 2.24) is 0 Å². The van der Waals surface area contributed by atoms with E-state index in [1.54, 1.807) is 18.2 Å². The van der Waals surface area contributed by atoms with E-state index in [-0.39, 0.29) is 6.42 Å². The van der Waals surface area contributed by atoms with Gasteiger partial charge < -0.3 is 0 Å². The highest BCUT2D eigenvalue weighted by Crippen LogP contribution is 2.34. The standard InChI is InChI=1S/C10H8FN3O/c1-6-2-3-8-7(4-6)5-10(11,9(8)15)13-14-12/h2-4H,5H2,1H3. The van der Waals surface area contributed by atoms with Crippen LogP contribution < -0.4 is 0 Å². The van der Waals surface area contributed by atoms with Crippen molar-refractivity contribution in [2.75, 3.05) is 0 Å². The summed E-state index contributed by atoms with van der Waals surface area (Å²) in [5.41, 5.74) is 10.1. The molecule has 1 atom stereocenters. The van der Waals surface area contributed by atoms with E-state index in [1.807, 2.05) is 6.92 Å². The molecule has 15 heavy (non-hydrogen) atoms. The number of alkyl halides is 1. The molecule has 1 aliphatic carbocycles. The van der Waals surface area contributed by atoms with Gasteiger partial charge in [-0.1, -0.05) is 23.8 Å². The van der Waals surface area contributed by atoms with Crippen LogP contribution in [0.4, 0.5) is 4.39 Å². The molecule has 0 heterocycles. The van der Waals surface area contributed by atoms with Gasteiger partial charge in [0, 0.05) is 16.9 Å². The number of halogens is 1. The molecular formula is C10H8FN3O. The molecule has 0 saturated heterocycles. The maximum atomic E-state index is 13.9. The number of nitrogens with zero attached hydrogens (tertiary/aromatic N) is 3. The Morgan fingerprint density at radius 3 is 3.00 bits per heavy atom. The van der Waals surface area contributed by atoms with Gasteiger partial charge in [-0.3, -0.25) is 4.79 Å². The van der Waals surface area contributed by atoms with E-state index in [1.165, 1.54) is 0 Å². The predicted molar refractivity (Wildman–Crippen MR) is 52.2 cm³/mol. The summed E-state index contributed by atoms with van der Waals surface area (Å²) in [6.45, 7) is 1.86. The molecule has 5 heteroatoms. The second-order valence-corrected chi connectivity index (χ2v) is 3.62. The van der Waals surface area contributed by atoms with Crippen LogP contribution in [0.25, 0.3) is 10.4 Å². The molecule has 0 aromatic heterocycles. The number of hydrogen-bond donors (Lipinski definition) is 0. The van der Waals surface area contributed by atoms with Crippen molar-refractivity contribution in [1.29, 1.82) is 0 Å². The van der Waals surface area contributed by atoms with E-state index in [4.69, 9.17) is 5.53 Å². The second kappa shape index (κ2) is 3.07. The first-order valence-corrected chi connectivity index (χ1v) is 4.46. The Labute approximate surface area is 85.3 Å². The van der Waals surface area contributed by atoms with Crippen LogP contribution in [-0.2, 0) is 6.42 Å². The number of hydrogen-bond acceptors (Lipinski definition) is 2. The number of rotatable bonds is 1. The van der Waals surface area contributed by atoms with Crippen LogP contribution in [0.15, 0.2) is 23.3 Å². The Morgan fingerprint density at radius 2 is 2.33 bits per heavy atom. The molecule has 0 saturated carbocycles. The summed E-state index contributed by atoms with van der Waals surface area (Å²) in [6, 6.07) is 5.04. The van der Waals surface area contributed by atoms with Crippen molar-refractivity contribution < 1.29 is 9.18 Å². The lowest BCUT2D eigenvalue weighted by Gasteiger charge is -2.07. The van der Waals surface area contributed by atoms with Gasteiger partial charge in [0.15, 0.2) is 0 Å². The summed E-state index contributed by atoms with van der Waals surface area (Å²) in [7, 11) is 0. The van der Waals surface area contributed by atoms with Crippen molar-refractivity contribution in [2.24, 2.45) is 5.11 Å². The lowest BCUT2D eigenvalue weighted by atomic mass is 10.1. The Balaban J connectivity index is 2.54. The third-order valence-electron chi connectivity index (χ3n) is 2.48. The van der Waals surface area contributed by atoms with Gasteiger partial charge in [0.1, 0.15) is 0 Å². The smallest absolute Gasteiger partial charge is 0.255 e. The van der Waals surface area contributed by atoms with Gasteiger partial charge in [0.2, 0.25) is 5.78 Å². The van der Waals surface area contributed by atoms with Crippen LogP contribution in [0, 0.1) is 6.92 Å². The topological polar surface area (TPSA) is 65.8 Å². The van der Waals surface area contributed by atoms with E-state index in [2.05, 4.69) is 10.0 Å². The van der Waals surface area contributed by atoms with E-state index in [0.29, 0.717) is 11.1 Å². The first-order valence-electron chi connectivity index (χ1n) is 4.46. The molecule has 2 rings (SSSR count). The minimum atomic E-state index is -2.43. The fourth-order valence-electron chi connectivity index (χ4n) is 1.78. The number of ketones is 1. The molecule has 1 aliphatic rings. The highest BCUT2D eigenvalue weighted by Gasteiger charge is 2.45. The van der Waals surface area contributed by atoms with E-state index < -0.39 is 11.6 Å². The van der Waals surface area contributed by atoms with E-state index in [9.17, 15) is 9.18 Å². The Bertz CT molecular complexity index is 493. The highest BCUT2D eigenvalue weighted by atomic mass is 19.1. The monoisotopic (exact) mass is 205 g/mol. The molecule has 4 nitrogen and oxygen atoms in total. The van der Waals surface area contributed by atoms with Crippen molar-refractivity contribution in [3.63, 3.8) is 0 Å². The first-order chi connectivity index (χ1) is 7.07. The fourth-order valence-corrected chi connectivity index (χ4v) is 1.78. The SMILES string of the molecule is Cc1ccc2c(c1)CC(F)(N=[N+]=[N-])C2=O. The molecule has 76 valence electrons. The minimum absolute atomic E-state index is 0.160. The summed E-state index contributed by atoms with van der Waals surface area (Å²) in [5.74, 6) is -3.17. The molecular weight excluding hydrogens is 197 g/mol. The maximum absolute atomic E-state index is 13.9. The summed E-state index contributed by atoms with van der Waals surface area (Å²) < 4.78 is 13.9. The highest BCUT2D eigenvalue weighted by molar-refractivity contribution is 6.06. The molecule has 0 amide bonds. The Hall–Kier alpha value is -1.87. The van der Waals surface area contributed by atoms with Crippen LogP contribution in [0.2, 0.25) is 0 Å². The Kier molecular flexibility index (Phi) is 1.98. The molecule has 0 aliphatic heterocycles. The number of benzene rings is 1. The van der Waals surface area contributed by atoms with Crippen molar-refractivity contribution >= 4 is 5.78 Å². The summed E-state index contributed by atoms with van der Waals surface area (Å²) >= 11 is 0. The van der Waals surface area contributed by atoms with Crippen molar-refractivity contribution in [3.8, 4) is 0 Å². The molecule has 1 aromatic carbocycles. The van der Waals surface area contributed by atoms with Crippen molar-refractivity contribution in [2.45, 2.75) is 19.1 Å². The number of carbonyl (C=O) groups is 1. The average Bonchev–Trinajstić information content (AvgIpc) is 2.39. The zero-order chi connectivity index (χ0) is 11.1. The molecule has 0 radical (unpaired) electrons. The second-order valence-electron chi connectivity index (χ2n) is 3.62. The van der Waals surface area contributed by atoms with E-state index >= 15 is 0 Å². The average molecular weight is 205 g/mol. The summed E-state index contributed by atoms with van der Waals surface area (Å²) in [4.78, 5) is 14.0. The molecule has 0 spiro atoms. The molecule has 0 bridgehead atoms. The molecule has 1 aromatic rings. The van der Waals surface area contributed by atoms with Gasteiger partial charge >= 0.3 is 0 Å². The predicted octanol–water partition coefficient (Wildman–Crippen LogP) is 2.71. The van der Waals surface area contributed by atoms with Gasteiger partial charge in [0.25, 0.3) is 5.79 Å². The van der Waals surface area contributed by atoms with Crippen LogP contribution in [0.5, 0.6) is 0 Å². The quantitative estimate of drug-likeness (QED) is 0.301. The largest absolute Gasteiger partial charge is 0.290 e. The van der Waals surface area contributed by atoms with Crippen molar-refractivity contribution in [3.05, 3.63) is 45.3 Å². The number of fused-ring (bicyclic) bond motifs is 1. The summed E-state index contributed by atoms with van der Waals surface area (Å²) in [5, 5.41) is 2.95. The zero-order valence-corrected chi connectivity index (χ0v) is 8.07. The zero-order valence-electron chi connectivity index (χ0n) is 8.07. The maximum Gasteiger partial charge on any atom is 0.255 e. The number of azide groups is 1. The first kappa shape index (κ1) is 9.68. The van der Waals surface area contributed by atoms with Gasteiger partial charge in [0.05, 0.1) is 0 Å². The van der Waals surface area contributed by atoms with Crippen LogP contribution in [0.1, 0.15) is 21.5 Å². The van der Waals surface area contributed by atoms with Crippen LogP contribution >= 0.6 is 0 Å². The third-order valence-corrected chi connectivity index (χ3v) is 2.48. The van der Waals surface area contributed by atoms with Gasteiger partial charge in [-0.2, -0.15) is 0 Å². The number of Topliss-reactive ketones (excluding diaryl/α,β-unsaturated/α-hetero) is 1. The van der Waals surface area contributed by atoms with Crippen LogP contribution in [0.3, 0.4) is 0 Å². The lowest BCUT2D eigenvalue weighted by molar-refractivity contribution is 0.0735. The van der Waals surface area contributed by atoms with Crippen LogP contribution in [-0.4, -0.2) is 11.6 Å². The number of aryl methyl sites for hydroxylation is 1. The molecule has 1 unspecified atom stereocenters. The number of carbonyl (C=O) groups excluding carboxylic acids is 1. The van der Waals surface area contributed by atoms with E-state index in [0.717, 1.165) is 5.56 Å². The van der Waals surface area contributed by atoms with Gasteiger partial charge in [-0.05, 0) is 23.1 Å². The minimum Gasteiger partial charge on any atom is -0.290 e. The Morgan fingerprint density at radius 1 is 1.60 bits per heavy atom. The lowest BCUT2D eigenvalue weighted by Crippen LogP contribution is -2.26. The van der Waals surface area contributed by atoms with Gasteiger partial charge in [-0.15, -0.1) is 0 Å². The fraction of sp³-hybridized carbons (Fsp3) is 0.300. The normalized spacial score (nSPS) is 23.5. The molecule has 0 fully saturated rings.